The van der Waals surface area contributed by atoms with Gasteiger partial charge in [0, 0.05) is 6.42 Å². The largest absolute Gasteiger partial charge is 0.469 e. The predicted molar refractivity (Wildman–Crippen MR) is 92.8 cm³/mol. The van der Waals surface area contributed by atoms with Crippen LogP contribution in [0.5, 0.6) is 0 Å². The molecule has 0 bridgehead atoms. The number of aliphatic hydroxyl groups is 1. The number of rotatable bonds is 14. The summed E-state index contributed by atoms with van der Waals surface area (Å²) >= 11 is 0. The van der Waals surface area contributed by atoms with E-state index in [0.29, 0.717) is 12.8 Å². The Labute approximate surface area is 136 Å². The number of hydrogen-bond donors (Lipinski definition) is 1. The number of carbonyl (C=O) groups is 1. The van der Waals surface area contributed by atoms with Gasteiger partial charge in [-0.15, -0.1) is 0 Å². The SMILES string of the molecule is CCCCCC=CCC(O)C=CCCCCCCC(=O)OC. The molecule has 0 aliphatic carbocycles. The van der Waals surface area contributed by atoms with E-state index in [2.05, 4.69) is 29.9 Å². The van der Waals surface area contributed by atoms with E-state index >= 15 is 0 Å². The highest BCUT2D eigenvalue weighted by molar-refractivity contribution is 5.68. The quantitative estimate of drug-likeness (QED) is 0.281. The van der Waals surface area contributed by atoms with E-state index in [1.807, 2.05) is 6.08 Å². The van der Waals surface area contributed by atoms with E-state index in [-0.39, 0.29) is 12.1 Å². The molecule has 128 valence electrons. The first-order chi connectivity index (χ1) is 10.7. The second kappa shape index (κ2) is 16.3. The van der Waals surface area contributed by atoms with Gasteiger partial charge in [-0.3, -0.25) is 4.79 Å². The first-order valence-corrected chi connectivity index (χ1v) is 8.77. The number of esters is 1. The van der Waals surface area contributed by atoms with Gasteiger partial charge in [-0.05, 0) is 38.5 Å². The summed E-state index contributed by atoms with van der Waals surface area (Å²) in [6.45, 7) is 2.21. The van der Waals surface area contributed by atoms with Crippen LogP contribution in [0.15, 0.2) is 24.3 Å². The lowest BCUT2D eigenvalue weighted by atomic mass is 10.1. The number of hydrogen-bond acceptors (Lipinski definition) is 3. The van der Waals surface area contributed by atoms with Crippen LogP contribution in [0.25, 0.3) is 0 Å². The van der Waals surface area contributed by atoms with Crippen molar-refractivity contribution in [2.75, 3.05) is 7.11 Å². The van der Waals surface area contributed by atoms with Gasteiger partial charge in [-0.2, -0.15) is 0 Å². The minimum Gasteiger partial charge on any atom is -0.469 e. The molecule has 1 atom stereocenters. The summed E-state index contributed by atoms with van der Waals surface area (Å²) in [5, 5.41) is 9.79. The molecule has 0 radical (unpaired) electrons. The predicted octanol–water partition coefficient (Wildman–Crippen LogP) is 4.94. The van der Waals surface area contributed by atoms with Crippen molar-refractivity contribution in [2.24, 2.45) is 0 Å². The van der Waals surface area contributed by atoms with Crippen molar-refractivity contribution in [1.82, 2.24) is 0 Å². The van der Waals surface area contributed by atoms with Gasteiger partial charge in [0.2, 0.25) is 0 Å². The fourth-order valence-corrected chi connectivity index (χ4v) is 2.18. The molecule has 0 aromatic rings. The first-order valence-electron chi connectivity index (χ1n) is 8.77. The Morgan fingerprint density at radius 3 is 2.41 bits per heavy atom. The van der Waals surface area contributed by atoms with Crippen molar-refractivity contribution >= 4 is 5.97 Å². The Balaban J connectivity index is 3.42. The van der Waals surface area contributed by atoms with Crippen molar-refractivity contribution < 1.29 is 14.6 Å². The molecule has 0 heterocycles. The normalized spacial score (nSPS) is 13.0. The van der Waals surface area contributed by atoms with Gasteiger partial charge in [-0.1, -0.05) is 56.9 Å². The third-order valence-electron chi connectivity index (χ3n) is 3.61. The maximum atomic E-state index is 10.9. The summed E-state index contributed by atoms with van der Waals surface area (Å²) in [6.07, 6.45) is 19.2. The van der Waals surface area contributed by atoms with Crippen LogP contribution in [0.1, 0.15) is 77.6 Å². The Bertz CT molecular complexity index is 308. The van der Waals surface area contributed by atoms with E-state index in [4.69, 9.17) is 0 Å². The zero-order valence-electron chi connectivity index (χ0n) is 14.4. The number of ether oxygens (including phenoxy) is 1. The van der Waals surface area contributed by atoms with E-state index in [0.717, 1.165) is 38.5 Å². The molecule has 1 unspecified atom stereocenters. The molecule has 0 spiro atoms. The van der Waals surface area contributed by atoms with Crippen LogP contribution >= 0.6 is 0 Å². The molecule has 22 heavy (non-hydrogen) atoms. The molecular weight excluding hydrogens is 276 g/mol. The third-order valence-corrected chi connectivity index (χ3v) is 3.61. The van der Waals surface area contributed by atoms with Crippen LogP contribution in [0.4, 0.5) is 0 Å². The summed E-state index contributed by atoms with van der Waals surface area (Å²) in [4.78, 5) is 10.9. The van der Waals surface area contributed by atoms with Crippen molar-refractivity contribution in [1.29, 1.82) is 0 Å². The minimum atomic E-state index is -0.359. The number of unbranched alkanes of at least 4 members (excludes halogenated alkanes) is 7. The van der Waals surface area contributed by atoms with Gasteiger partial charge in [0.25, 0.3) is 0 Å². The highest BCUT2D eigenvalue weighted by Gasteiger charge is 1.98. The summed E-state index contributed by atoms with van der Waals surface area (Å²) < 4.78 is 4.60. The van der Waals surface area contributed by atoms with Gasteiger partial charge in [0.1, 0.15) is 0 Å². The van der Waals surface area contributed by atoms with Gasteiger partial charge >= 0.3 is 5.97 Å². The summed E-state index contributed by atoms with van der Waals surface area (Å²) in [5.74, 6) is -0.120. The molecule has 3 heteroatoms. The molecule has 0 fully saturated rings. The molecule has 0 aliphatic rings. The van der Waals surface area contributed by atoms with Crippen LogP contribution in [-0.2, 0) is 9.53 Å². The maximum Gasteiger partial charge on any atom is 0.305 e. The van der Waals surface area contributed by atoms with Crippen LogP contribution < -0.4 is 0 Å². The molecule has 1 N–H and O–H groups in total. The van der Waals surface area contributed by atoms with Gasteiger partial charge in [0.05, 0.1) is 13.2 Å². The molecule has 0 rings (SSSR count). The maximum absolute atomic E-state index is 10.9. The average Bonchev–Trinajstić information content (AvgIpc) is 2.52. The van der Waals surface area contributed by atoms with Gasteiger partial charge < -0.3 is 9.84 Å². The molecule has 0 saturated carbocycles. The van der Waals surface area contributed by atoms with Gasteiger partial charge in [-0.25, -0.2) is 0 Å². The van der Waals surface area contributed by atoms with Gasteiger partial charge in [0.15, 0.2) is 0 Å². The van der Waals surface area contributed by atoms with Crippen LogP contribution in [0.3, 0.4) is 0 Å². The number of allylic oxidation sites excluding steroid dienone is 2. The molecule has 0 aromatic heterocycles. The zero-order valence-corrected chi connectivity index (χ0v) is 14.4. The molecule has 3 nitrogen and oxygen atoms in total. The van der Waals surface area contributed by atoms with E-state index < -0.39 is 0 Å². The first kappa shape index (κ1) is 20.9. The number of carbonyl (C=O) groups excluding carboxylic acids is 1. The lowest BCUT2D eigenvalue weighted by Gasteiger charge is -2.01. The Kier molecular flexibility index (Phi) is 15.5. The molecule has 0 saturated heterocycles. The summed E-state index contributed by atoms with van der Waals surface area (Å²) in [7, 11) is 1.43. The van der Waals surface area contributed by atoms with E-state index in [1.165, 1.54) is 26.4 Å². The fraction of sp³-hybridized carbons (Fsp3) is 0.737. The minimum absolute atomic E-state index is 0.120. The van der Waals surface area contributed by atoms with E-state index in [9.17, 15) is 9.90 Å². The number of methoxy groups -OCH3 is 1. The standard InChI is InChI=1S/C19H34O3/c1-3-4-5-6-9-12-15-18(20)16-13-10-7-8-11-14-17-19(21)22-2/h9,12-13,16,18,20H,3-8,10-11,14-15,17H2,1-2H3. The Morgan fingerprint density at radius 2 is 1.68 bits per heavy atom. The highest BCUT2D eigenvalue weighted by atomic mass is 16.5. The fourth-order valence-electron chi connectivity index (χ4n) is 2.18. The molecule has 0 aliphatic heterocycles. The summed E-state index contributed by atoms with van der Waals surface area (Å²) in [5.41, 5.74) is 0. The van der Waals surface area contributed by atoms with Crippen molar-refractivity contribution in [3.63, 3.8) is 0 Å². The van der Waals surface area contributed by atoms with Crippen LogP contribution in [-0.4, -0.2) is 24.3 Å². The number of aliphatic hydroxyl groups excluding tert-OH is 1. The van der Waals surface area contributed by atoms with Crippen molar-refractivity contribution in [3.8, 4) is 0 Å². The topological polar surface area (TPSA) is 46.5 Å². The van der Waals surface area contributed by atoms with Crippen molar-refractivity contribution in [3.05, 3.63) is 24.3 Å². The molecule has 0 aromatic carbocycles. The van der Waals surface area contributed by atoms with Crippen LogP contribution in [0, 0.1) is 0 Å². The second-order valence-electron chi connectivity index (χ2n) is 5.73. The summed E-state index contributed by atoms with van der Waals surface area (Å²) in [6, 6.07) is 0. The van der Waals surface area contributed by atoms with Crippen molar-refractivity contribution in [2.45, 2.75) is 83.7 Å². The Morgan fingerprint density at radius 1 is 1.00 bits per heavy atom. The average molecular weight is 310 g/mol. The van der Waals surface area contributed by atoms with E-state index in [1.54, 1.807) is 0 Å². The Hall–Kier alpha value is -1.09. The molecular formula is C19H34O3. The third kappa shape index (κ3) is 15.3. The monoisotopic (exact) mass is 310 g/mol. The van der Waals surface area contributed by atoms with Crippen LogP contribution in [0.2, 0.25) is 0 Å². The lowest BCUT2D eigenvalue weighted by Crippen LogP contribution is -1.99. The second-order valence-corrected chi connectivity index (χ2v) is 5.73. The molecule has 0 amide bonds. The zero-order chi connectivity index (χ0) is 16.5. The smallest absolute Gasteiger partial charge is 0.305 e. The lowest BCUT2D eigenvalue weighted by molar-refractivity contribution is -0.140. The highest BCUT2D eigenvalue weighted by Crippen LogP contribution is 2.07.